The zero-order valence-electron chi connectivity index (χ0n) is 12.6. The van der Waals surface area contributed by atoms with Crippen LogP contribution < -0.4 is 4.74 Å². The van der Waals surface area contributed by atoms with Crippen LogP contribution in [0.5, 0.6) is 5.75 Å². The van der Waals surface area contributed by atoms with E-state index in [4.69, 9.17) is 4.74 Å². The van der Waals surface area contributed by atoms with E-state index in [9.17, 15) is 4.79 Å². The lowest BCUT2D eigenvalue weighted by Gasteiger charge is -2.39. The number of carbonyl (C=O) groups excluding carboxylic acids is 1. The van der Waals surface area contributed by atoms with Gasteiger partial charge in [-0.3, -0.25) is 9.78 Å². The smallest absolute Gasteiger partial charge is 0.254 e. The molecule has 0 spiro atoms. The van der Waals surface area contributed by atoms with Crippen molar-refractivity contribution in [2.24, 2.45) is 0 Å². The van der Waals surface area contributed by atoms with Crippen molar-refractivity contribution in [3.05, 3.63) is 53.3 Å². The van der Waals surface area contributed by atoms with Crippen molar-refractivity contribution in [3.63, 3.8) is 0 Å². The summed E-state index contributed by atoms with van der Waals surface area (Å²) in [6, 6.07) is 9.39. The van der Waals surface area contributed by atoms with Crippen LogP contribution in [-0.4, -0.2) is 40.0 Å². The van der Waals surface area contributed by atoms with E-state index in [-0.39, 0.29) is 12.0 Å². The van der Waals surface area contributed by atoms with Crippen molar-refractivity contribution in [1.29, 1.82) is 0 Å². The lowest BCUT2D eigenvalue weighted by Crippen LogP contribution is -2.56. The second kappa shape index (κ2) is 5.62. The molecule has 116 valence electrons. The third-order valence-corrected chi connectivity index (χ3v) is 4.68. The normalized spacial score (nSPS) is 14.7. The van der Waals surface area contributed by atoms with E-state index in [2.05, 4.69) is 9.97 Å². The van der Waals surface area contributed by atoms with E-state index in [1.54, 1.807) is 27.9 Å². The first kappa shape index (κ1) is 14.1. The van der Waals surface area contributed by atoms with Crippen molar-refractivity contribution in [1.82, 2.24) is 14.9 Å². The van der Waals surface area contributed by atoms with E-state index >= 15 is 0 Å². The van der Waals surface area contributed by atoms with Crippen molar-refractivity contribution in [2.75, 3.05) is 13.1 Å². The molecule has 6 heteroatoms. The monoisotopic (exact) mass is 325 g/mol. The Morgan fingerprint density at radius 1 is 1.26 bits per heavy atom. The zero-order valence-corrected chi connectivity index (χ0v) is 13.4. The third kappa shape index (κ3) is 2.77. The molecular formula is C17H15N3O2S. The van der Waals surface area contributed by atoms with Crippen LogP contribution in [0.15, 0.2) is 42.0 Å². The molecule has 0 saturated carbocycles. The van der Waals surface area contributed by atoms with Gasteiger partial charge in [-0.05, 0) is 31.2 Å². The number of ether oxygens (including phenoxy) is 1. The highest BCUT2D eigenvalue weighted by molar-refractivity contribution is 7.16. The lowest BCUT2D eigenvalue weighted by molar-refractivity contribution is 0.0177. The van der Waals surface area contributed by atoms with Gasteiger partial charge in [0.1, 0.15) is 11.9 Å². The molecule has 4 rings (SSSR count). The van der Waals surface area contributed by atoms with Crippen LogP contribution in [0.4, 0.5) is 0 Å². The van der Waals surface area contributed by atoms with E-state index in [1.807, 2.05) is 37.3 Å². The molecule has 0 unspecified atom stereocenters. The van der Waals surface area contributed by atoms with Crippen LogP contribution in [0.25, 0.3) is 10.2 Å². The van der Waals surface area contributed by atoms with E-state index in [0.29, 0.717) is 18.7 Å². The predicted octanol–water partition coefficient (Wildman–Crippen LogP) is 2.90. The van der Waals surface area contributed by atoms with Gasteiger partial charge in [0.15, 0.2) is 0 Å². The molecular weight excluding hydrogens is 310 g/mol. The number of likely N-dealkylation sites (tertiary alicyclic amines) is 1. The molecule has 1 aliphatic heterocycles. The van der Waals surface area contributed by atoms with Crippen molar-refractivity contribution < 1.29 is 9.53 Å². The Labute approximate surface area is 137 Å². The standard InChI is InChI=1S/C17H15N3O2S/c1-11-6-13(4-5-18-11)22-14-8-20(9-14)17(21)12-2-3-15-16(7-12)23-10-19-15/h2-7,10,14H,8-9H2,1H3. The SMILES string of the molecule is Cc1cc(OC2CN(C(=O)c3ccc4ncsc4c3)C2)ccn1. The number of amides is 1. The highest BCUT2D eigenvalue weighted by atomic mass is 32.1. The maximum atomic E-state index is 12.5. The molecule has 0 radical (unpaired) electrons. The summed E-state index contributed by atoms with van der Waals surface area (Å²) in [5.41, 5.74) is 4.36. The number of aromatic nitrogens is 2. The minimum absolute atomic E-state index is 0.0473. The molecule has 0 N–H and O–H groups in total. The highest BCUT2D eigenvalue weighted by Crippen LogP contribution is 2.23. The summed E-state index contributed by atoms with van der Waals surface area (Å²) in [4.78, 5) is 22.7. The zero-order chi connectivity index (χ0) is 15.8. The van der Waals surface area contributed by atoms with Crippen LogP contribution in [-0.2, 0) is 0 Å². The Bertz CT molecular complexity index is 871. The predicted molar refractivity (Wildman–Crippen MR) is 88.9 cm³/mol. The number of thiazole rings is 1. The molecule has 0 aliphatic carbocycles. The number of carbonyl (C=O) groups is 1. The van der Waals surface area contributed by atoms with Crippen LogP contribution in [0.3, 0.4) is 0 Å². The first-order valence-electron chi connectivity index (χ1n) is 7.41. The van der Waals surface area contributed by atoms with E-state index < -0.39 is 0 Å². The molecule has 0 atom stereocenters. The van der Waals surface area contributed by atoms with Gasteiger partial charge in [-0.15, -0.1) is 11.3 Å². The molecule has 1 aliphatic rings. The molecule has 0 bridgehead atoms. The Morgan fingerprint density at radius 2 is 2.13 bits per heavy atom. The van der Waals surface area contributed by atoms with Gasteiger partial charge in [0, 0.05) is 23.5 Å². The molecule has 3 heterocycles. The molecule has 1 saturated heterocycles. The molecule has 5 nitrogen and oxygen atoms in total. The molecule has 1 amide bonds. The first-order valence-corrected chi connectivity index (χ1v) is 8.29. The van der Waals surface area contributed by atoms with Gasteiger partial charge >= 0.3 is 0 Å². The third-order valence-electron chi connectivity index (χ3n) is 3.88. The Morgan fingerprint density at radius 3 is 2.96 bits per heavy atom. The average Bonchev–Trinajstić information content (AvgIpc) is 2.97. The van der Waals surface area contributed by atoms with Gasteiger partial charge in [0.05, 0.1) is 28.8 Å². The molecule has 2 aromatic heterocycles. The summed E-state index contributed by atoms with van der Waals surface area (Å²) >= 11 is 1.55. The minimum Gasteiger partial charge on any atom is -0.487 e. The number of nitrogens with zero attached hydrogens (tertiary/aromatic N) is 3. The summed E-state index contributed by atoms with van der Waals surface area (Å²) in [5, 5.41) is 0. The fraction of sp³-hybridized carbons (Fsp3) is 0.235. The summed E-state index contributed by atoms with van der Waals surface area (Å²) in [7, 11) is 0. The second-order valence-corrected chi connectivity index (χ2v) is 6.50. The molecule has 3 aromatic rings. The fourth-order valence-electron chi connectivity index (χ4n) is 2.63. The lowest BCUT2D eigenvalue weighted by atomic mass is 10.1. The number of fused-ring (bicyclic) bond motifs is 1. The average molecular weight is 325 g/mol. The maximum absolute atomic E-state index is 12.5. The van der Waals surface area contributed by atoms with E-state index in [1.165, 1.54) is 0 Å². The number of aryl methyl sites for hydroxylation is 1. The van der Waals surface area contributed by atoms with Crippen molar-refractivity contribution in [2.45, 2.75) is 13.0 Å². The van der Waals surface area contributed by atoms with Crippen molar-refractivity contribution in [3.8, 4) is 5.75 Å². The first-order chi connectivity index (χ1) is 11.2. The molecule has 23 heavy (non-hydrogen) atoms. The van der Waals surface area contributed by atoms with Gasteiger partial charge in [0.2, 0.25) is 0 Å². The summed E-state index contributed by atoms with van der Waals surface area (Å²) in [6.07, 6.45) is 1.78. The minimum atomic E-state index is 0.0473. The number of pyridine rings is 1. The van der Waals surface area contributed by atoms with Gasteiger partial charge < -0.3 is 9.64 Å². The summed E-state index contributed by atoms with van der Waals surface area (Å²) < 4.78 is 6.90. The van der Waals surface area contributed by atoms with Crippen molar-refractivity contribution >= 4 is 27.5 Å². The van der Waals surface area contributed by atoms with E-state index in [0.717, 1.165) is 21.7 Å². The summed E-state index contributed by atoms with van der Waals surface area (Å²) in [5.74, 6) is 0.853. The number of rotatable bonds is 3. The molecule has 1 aromatic carbocycles. The molecule has 1 fully saturated rings. The topological polar surface area (TPSA) is 55.3 Å². The van der Waals surface area contributed by atoms with Gasteiger partial charge in [-0.1, -0.05) is 0 Å². The number of hydrogen-bond donors (Lipinski definition) is 0. The highest BCUT2D eigenvalue weighted by Gasteiger charge is 2.32. The summed E-state index contributed by atoms with van der Waals surface area (Å²) in [6.45, 7) is 3.15. The Kier molecular flexibility index (Phi) is 3.46. The maximum Gasteiger partial charge on any atom is 0.254 e. The second-order valence-electron chi connectivity index (χ2n) is 5.62. The van der Waals surface area contributed by atoms with Gasteiger partial charge in [0.25, 0.3) is 5.91 Å². The van der Waals surface area contributed by atoms with Crippen LogP contribution in [0.2, 0.25) is 0 Å². The van der Waals surface area contributed by atoms with Crippen LogP contribution in [0, 0.1) is 6.92 Å². The number of hydrogen-bond acceptors (Lipinski definition) is 5. The van der Waals surface area contributed by atoms with Gasteiger partial charge in [-0.2, -0.15) is 0 Å². The Hall–Kier alpha value is -2.47. The van der Waals surface area contributed by atoms with Crippen LogP contribution >= 0.6 is 11.3 Å². The fourth-order valence-corrected chi connectivity index (χ4v) is 3.35. The number of benzene rings is 1. The van der Waals surface area contributed by atoms with Gasteiger partial charge in [-0.25, -0.2) is 4.98 Å². The quantitative estimate of drug-likeness (QED) is 0.743. The largest absolute Gasteiger partial charge is 0.487 e. The van der Waals surface area contributed by atoms with Crippen LogP contribution in [0.1, 0.15) is 16.1 Å². The Balaban J connectivity index is 1.40.